The van der Waals surface area contributed by atoms with Crippen molar-refractivity contribution in [2.45, 2.75) is 0 Å². The lowest BCUT2D eigenvalue weighted by Gasteiger charge is -2.18. The Morgan fingerprint density at radius 1 is 0.529 bits per heavy atom. The SMILES string of the molecule is CNc1ccc(C#N)c(C(=O)OC)c1.COC(=O)c1cc(F)ccc1C#N.COC(=O)c1cc(N(C)C(=O)c2ccn3ncc(-c4ccc(C(N)=O)cc4)c3c2)ccc1C#N.COC(=O)c1cc(N(C)C(=O)c2ccn3ncc(Br)c3c2)ccc1C#N. The molecule has 3 amide bonds. The molecule has 5 aromatic carbocycles. The number of carbonyl (C=O) groups excluding carboxylic acids is 7. The van der Waals surface area contributed by atoms with Gasteiger partial charge in [0.25, 0.3) is 11.8 Å². The number of benzene rings is 5. The predicted molar refractivity (Wildman–Crippen MR) is 317 cm³/mol. The van der Waals surface area contributed by atoms with Crippen LogP contribution in [0, 0.1) is 51.1 Å². The first-order valence-electron chi connectivity index (χ1n) is 25.1. The van der Waals surface area contributed by atoms with Crippen molar-refractivity contribution in [3.8, 4) is 35.4 Å². The van der Waals surface area contributed by atoms with Crippen molar-refractivity contribution in [3.63, 3.8) is 0 Å². The monoisotopic (exact) mass is 1230 g/mol. The molecule has 9 aromatic rings. The Morgan fingerprint density at radius 2 is 0.931 bits per heavy atom. The van der Waals surface area contributed by atoms with Crippen LogP contribution in [0.1, 0.15) is 94.8 Å². The molecule has 436 valence electrons. The lowest BCUT2D eigenvalue weighted by atomic mass is 10.0. The summed E-state index contributed by atoms with van der Waals surface area (Å²) in [5.41, 5.74) is 12.5. The van der Waals surface area contributed by atoms with Crippen LogP contribution in [-0.2, 0) is 18.9 Å². The normalized spacial score (nSPS) is 9.99. The van der Waals surface area contributed by atoms with Gasteiger partial charge >= 0.3 is 23.9 Å². The Kier molecular flexibility index (Phi) is 21.6. The number of ether oxygens (including phenoxy) is 4. The van der Waals surface area contributed by atoms with E-state index in [-0.39, 0.29) is 50.8 Å². The number of methoxy groups -OCH3 is 4. The Bertz CT molecular complexity index is 4350. The van der Waals surface area contributed by atoms with Crippen molar-refractivity contribution in [1.82, 2.24) is 19.2 Å². The summed E-state index contributed by atoms with van der Waals surface area (Å²) in [6, 6.07) is 38.4. The van der Waals surface area contributed by atoms with Crippen molar-refractivity contribution >= 4 is 85.6 Å². The Labute approximate surface area is 504 Å². The molecule has 4 aromatic heterocycles. The highest BCUT2D eigenvalue weighted by molar-refractivity contribution is 9.10. The number of anilines is 3. The summed E-state index contributed by atoms with van der Waals surface area (Å²) >= 11 is 3.39. The summed E-state index contributed by atoms with van der Waals surface area (Å²) < 4.78 is 35.1. The van der Waals surface area contributed by atoms with E-state index in [2.05, 4.69) is 40.9 Å². The number of hydrogen-bond acceptors (Lipinski definition) is 18. The van der Waals surface area contributed by atoms with E-state index in [0.717, 1.165) is 38.9 Å². The van der Waals surface area contributed by atoms with E-state index >= 15 is 0 Å². The largest absolute Gasteiger partial charge is 0.465 e. The van der Waals surface area contributed by atoms with Gasteiger partial charge in [0.1, 0.15) is 30.1 Å². The minimum absolute atomic E-state index is 0.0509. The van der Waals surface area contributed by atoms with Crippen LogP contribution in [-0.4, -0.2) is 110 Å². The number of nitrogens with zero attached hydrogens (tertiary/aromatic N) is 10. The third-order valence-electron chi connectivity index (χ3n) is 12.8. The first-order chi connectivity index (χ1) is 41.7. The van der Waals surface area contributed by atoms with Crippen molar-refractivity contribution in [1.29, 1.82) is 21.0 Å². The van der Waals surface area contributed by atoms with Gasteiger partial charge < -0.3 is 39.8 Å². The van der Waals surface area contributed by atoms with E-state index in [9.17, 15) is 43.2 Å². The number of primary amides is 1. The van der Waals surface area contributed by atoms with E-state index in [4.69, 9.17) is 31.0 Å². The third kappa shape index (κ3) is 15.0. The van der Waals surface area contributed by atoms with Crippen LogP contribution in [0.2, 0.25) is 0 Å². The summed E-state index contributed by atoms with van der Waals surface area (Å²) in [5, 5.41) is 47.1. The predicted octanol–water partition coefficient (Wildman–Crippen LogP) is 8.94. The van der Waals surface area contributed by atoms with Gasteiger partial charge in [-0.15, -0.1) is 0 Å². The Balaban J connectivity index is 0.000000200. The second-order valence-corrected chi connectivity index (χ2v) is 18.6. The van der Waals surface area contributed by atoms with E-state index in [1.807, 2.05) is 18.2 Å². The lowest BCUT2D eigenvalue weighted by Crippen LogP contribution is -2.26. The van der Waals surface area contributed by atoms with Crippen molar-refractivity contribution in [2.75, 3.05) is 64.7 Å². The highest BCUT2D eigenvalue weighted by Crippen LogP contribution is 2.28. The van der Waals surface area contributed by atoms with Crippen LogP contribution in [0.5, 0.6) is 0 Å². The standard InChI is InChI=1S/C25H19N5O4.C18H13BrN4O3.C10H10N2O2.C9H6FNO2/c1-29(19-8-7-18(13-26)20(12-19)25(33)34-2)24(32)17-9-10-30-22(11-17)21(14-28-30)15-3-5-16(6-4-15)23(27)31;1-22(13-4-3-12(9-20)14(8-13)18(25)26-2)17(24)11-5-6-23-16(7-11)15(19)10-21-23;1-12-8-4-3-7(6-11)9(5-8)10(13)14-2;1-13-9(12)8-4-7(10)3-2-6(8)5-11/h3-12,14H,1-2H3,(H2,27,31);3-8,10H,1-2H3;3-5,12H,1-2H3;2-4H,1H3. The van der Waals surface area contributed by atoms with E-state index in [1.165, 1.54) is 68.6 Å². The van der Waals surface area contributed by atoms with Gasteiger partial charge in [-0.05, 0) is 131 Å². The van der Waals surface area contributed by atoms with Crippen molar-refractivity contribution in [2.24, 2.45) is 5.73 Å². The maximum Gasteiger partial charge on any atom is 0.339 e. The number of halogens is 2. The topological polar surface area (TPSA) is 331 Å². The van der Waals surface area contributed by atoms with Crippen LogP contribution in [0.15, 0.2) is 151 Å². The smallest absolute Gasteiger partial charge is 0.339 e. The molecule has 87 heavy (non-hydrogen) atoms. The highest BCUT2D eigenvalue weighted by atomic mass is 79.9. The van der Waals surface area contributed by atoms with Gasteiger partial charge in [0.05, 0.1) is 101 Å². The third-order valence-corrected chi connectivity index (χ3v) is 13.4. The molecule has 9 rings (SSSR count). The van der Waals surface area contributed by atoms with E-state index in [0.29, 0.717) is 39.1 Å². The molecule has 0 fully saturated rings. The number of hydrogen-bond donors (Lipinski definition) is 2. The zero-order valence-electron chi connectivity index (χ0n) is 47.2. The average molecular weight is 1240 g/mol. The molecule has 4 heterocycles. The first kappa shape index (κ1) is 64.1. The average Bonchev–Trinajstić information content (AvgIpc) is 4.29. The number of nitrogens with one attached hydrogen (secondary N) is 1. The molecule has 0 aliphatic carbocycles. The van der Waals surface area contributed by atoms with E-state index < -0.39 is 35.6 Å². The molecule has 0 saturated heterocycles. The van der Waals surface area contributed by atoms with Gasteiger partial charge in [0.2, 0.25) is 5.91 Å². The van der Waals surface area contributed by atoms with Crippen LogP contribution in [0.3, 0.4) is 0 Å². The summed E-state index contributed by atoms with van der Waals surface area (Å²) in [4.78, 5) is 86.4. The zero-order chi connectivity index (χ0) is 63.6. The molecule has 0 radical (unpaired) electrons. The maximum atomic E-state index is 13.2. The number of amides is 3. The summed E-state index contributed by atoms with van der Waals surface area (Å²) in [7, 11) is 9.84. The minimum atomic E-state index is -0.712. The Morgan fingerprint density at radius 3 is 1.37 bits per heavy atom. The van der Waals surface area contributed by atoms with E-state index in [1.54, 1.807) is 140 Å². The number of pyridine rings is 2. The van der Waals surface area contributed by atoms with Gasteiger partial charge in [0, 0.05) is 72.9 Å². The number of nitrogens with two attached hydrogens (primary N) is 1. The molecule has 0 atom stereocenters. The number of esters is 4. The van der Waals surface area contributed by atoms with Crippen LogP contribution in [0.4, 0.5) is 21.5 Å². The molecule has 23 nitrogen and oxygen atoms in total. The van der Waals surface area contributed by atoms with Crippen LogP contribution < -0.4 is 20.9 Å². The summed E-state index contributed by atoms with van der Waals surface area (Å²) in [6.07, 6.45) is 6.70. The van der Waals surface area contributed by atoms with Gasteiger partial charge in [-0.1, -0.05) is 12.1 Å². The second kappa shape index (κ2) is 29.3. The number of carbonyl (C=O) groups is 7. The molecular weight excluding hydrogens is 1190 g/mol. The molecule has 0 aliphatic heterocycles. The molecule has 0 spiro atoms. The van der Waals surface area contributed by atoms with Gasteiger partial charge in [-0.25, -0.2) is 32.6 Å². The van der Waals surface area contributed by atoms with Gasteiger partial charge in [-0.2, -0.15) is 31.2 Å². The van der Waals surface area contributed by atoms with Crippen molar-refractivity contribution < 1.29 is 56.9 Å². The van der Waals surface area contributed by atoms with Crippen LogP contribution >= 0.6 is 15.9 Å². The fraction of sp³-hybridized carbons (Fsp3) is 0.113. The molecule has 0 saturated carbocycles. The maximum absolute atomic E-state index is 13.2. The fourth-order valence-corrected chi connectivity index (χ4v) is 8.45. The van der Waals surface area contributed by atoms with Gasteiger partial charge in [0.15, 0.2) is 0 Å². The zero-order valence-corrected chi connectivity index (χ0v) is 48.7. The quantitative estimate of drug-likeness (QED) is 0.0901. The number of aromatic nitrogens is 4. The van der Waals surface area contributed by atoms with Crippen molar-refractivity contribution in [3.05, 3.63) is 218 Å². The number of rotatable bonds is 11. The molecule has 25 heteroatoms. The second-order valence-electron chi connectivity index (χ2n) is 17.8. The minimum Gasteiger partial charge on any atom is -0.465 e. The molecule has 3 N–H and O–H groups in total. The Hall–Kier alpha value is -12.1. The van der Waals surface area contributed by atoms with Gasteiger partial charge in [-0.3, -0.25) is 14.4 Å². The highest BCUT2D eigenvalue weighted by Gasteiger charge is 2.22. The first-order valence-corrected chi connectivity index (χ1v) is 25.9. The molecular formula is C62H48BrFN12O11. The molecule has 0 bridgehead atoms. The number of fused-ring (bicyclic) bond motifs is 2. The van der Waals surface area contributed by atoms with Crippen LogP contribution in [0.25, 0.3) is 22.2 Å². The number of nitriles is 4. The lowest BCUT2D eigenvalue weighted by molar-refractivity contribution is 0.0591. The summed E-state index contributed by atoms with van der Waals surface area (Å²) in [6.45, 7) is 0. The molecule has 0 aliphatic rings. The fourth-order valence-electron chi connectivity index (χ4n) is 8.06. The molecule has 0 unspecified atom stereocenters. The summed E-state index contributed by atoms with van der Waals surface area (Å²) in [5.74, 6) is -4.17.